The normalized spacial score (nSPS) is 17.1. The molecule has 0 saturated carbocycles. The van der Waals surface area contributed by atoms with E-state index in [1.807, 2.05) is 18.2 Å². The molecule has 3 rings (SSSR count). The molecule has 1 heterocycles. The molecule has 1 unspecified atom stereocenters. The van der Waals surface area contributed by atoms with Gasteiger partial charge in [-0.25, -0.2) is 9.37 Å². The van der Waals surface area contributed by atoms with Gasteiger partial charge in [0.05, 0.1) is 18.8 Å². The highest BCUT2D eigenvalue weighted by atomic mass is 19.1. The molecule has 0 spiro atoms. The first-order valence-corrected chi connectivity index (χ1v) is 6.32. The van der Waals surface area contributed by atoms with Crippen LogP contribution in [-0.2, 0) is 6.42 Å². The van der Waals surface area contributed by atoms with Crippen molar-refractivity contribution in [3.05, 3.63) is 53.5 Å². The van der Waals surface area contributed by atoms with Gasteiger partial charge in [0.2, 0.25) is 5.88 Å². The number of fused-ring (bicyclic) bond motifs is 1. The number of anilines is 1. The van der Waals surface area contributed by atoms with Gasteiger partial charge in [0.1, 0.15) is 5.82 Å². The van der Waals surface area contributed by atoms with Gasteiger partial charge < -0.3 is 10.1 Å². The number of benzene rings is 1. The van der Waals surface area contributed by atoms with Crippen molar-refractivity contribution in [3.63, 3.8) is 0 Å². The number of nitrogens with zero attached hydrogens (tertiary/aromatic N) is 1. The molecule has 0 radical (unpaired) electrons. The van der Waals surface area contributed by atoms with Crippen molar-refractivity contribution >= 4 is 5.69 Å². The zero-order valence-corrected chi connectivity index (χ0v) is 10.7. The smallest absolute Gasteiger partial charge is 0.237 e. The zero-order chi connectivity index (χ0) is 13.2. The molecule has 1 aromatic carbocycles. The number of hydrogen-bond acceptors (Lipinski definition) is 3. The van der Waals surface area contributed by atoms with E-state index in [4.69, 9.17) is 4.74 Å². The summed E-state index contributed by atoms with van der Waals surface area (Å²) in [5, 5.41) is 3.39. The minimum Gasteiger partial charge on any atom is -0.480 e. The van der Waals surface area contributed by atoms with E-state index in [1.165, 1.54) is 6.07 Å². The summed E-state index contributed by atoms with van der Waals surface area (Å²) < 4.78 is 18.9. The van der Waals surface area contributed by atoms with Crippen LogP contribution < -0.4 is 10.1 Å². The molecule has 98 valence electrons. The van der Waals surface area contributed by atoms with E-state index < -0.39 is 0 Å². The standard InChI is InChI=1S/C15H15FN2O/c1-19-15-14(6-3-9-17-15)18-13-8-7-10-11(13)4-2-5-12(10)16/h2-6,9,13,18H,7-8H2,1H3. The first kappa shape index (κ1) is 12.0. The number of nitrogens with one attached hydrogen (secondary N) is 1. The third kappa shape index (κ3) is 2.14. The Morgan fingerprint density at radius 1 is 1.32 bits per heavy atom. The maximum atomic E-state index is 13.7. The zero-order valence-electron chi connectivity index (χ0n) is 10.7. The lowest BCUT2D eigenvalue weighted by Crippen LogP contribution is -2.08. The van der Waals surface area contributed by atoms with Gasteiger partial charge in [0.15, 0.2) is 0 Å². The van der Waals surface area contributed by atoms with Crippen LogP contribution in [-0.4, -0.2) is 12.1 Å². The number of methoxy groups -OCH3 is 1. The molecule has 1 aromatic heterocycles. The van der Waals surface area contributed by atoms with Crippen molar-refractivity contribution in [2.45, 2.75) is 18.9 Å². The molecule has 3 nitrogen and oxygen atoms in total. The van der Waals surface area contributed by atoms with Gasteiger partial charge in [0.25, 0.3) is 0 Å². The Bertz CT molecular complexity index is 600. The number of halogens is 1. The highest BCUT2D eigenvalue weighted by Crippen LogP contribution is 2.36. The second kappa shape index (κ2) is 4.88. The number of ether oxygens (including phenoxy) is 1. The van der Waals surface area contributed by atoms with Crippen molar-refractivity contribution in [1.82, 2.24) is 4.98 Å². The molecule has 1 aliphatic rings. The average Bonchev–Trinajstić information content (AvgIpc) is 2.84. The lowest BCUT2D eigenvalue weighted by atomic mass is 10.1. The van der Waals surface area contributed by atoms with Crippen LogP contribution in [0.2, 0.25) is 0 Å². The molecule has 4 heteroatoms. The topological polar surface area (TPSA) is 34.1 Å². The minimum atomic E-state index is -0.111. The summed E-state index contributed by atoms with van der Waals surface area (Å²) in [6, 6.07) is 9.14. The molecule has 1 aliphatic carbocycles. The summed E-state index contributed by atoms with van der Waals surface area (Å²) in [6.45, 7) is 0. The Morgan fingerprint density at radius 3 is 3.05 bits per heavy atom. The SMILES string of the molecule is COc1ncccc1NC1CCc2c(F)cccc21. The first-order chi connectivity index (χ1) is 9.29. The Hall–Kier alpha value is -2.10. The molecule has 19 heavy (non-hydrogen) atoms. The van der Waals surface area contributed by atoms with E-state index >= 15 is 0 Å². The third-order valence-corrected chi connectivity index (χ3v) is 3.51. The molecule has 0 amide bonds. The summed E-state index contributed by atoms with van der Waals surface area (Å²) in [5.74, 6) is 0.451. The maximum Gasteiger partial charge on any atom is 0.237 e. The van der Waals surface area contributed by atoms with Crippen LogP contribution in [0.5, 0.6) is 5.88 Å². The van der Waals surface area contributed by atoms with Gasteiger partial charge in [-0.05, 0) is 42.2 Å². The molecule has 1 atom stereocenters. The Morgan fingerprint density at radius 2 is 2.21 bits per heavy atom. The van der Waals surface area contributed by atoms with Gasteiger partial charge in [-0.2, -0.15) is 0 Å². The Kier molecular flexibility index (Phi) is 3.07. The summed E-state index contributed by atoms with van der Waals surface area (Å²) >= 11 is 0. The quantitative estimate of drug-likeness (QED) is 0.917. The van der Waals surface area contributed by atoms with E-state index in [0.717, 1.165) is 29.7 Å². The van der Waals surface area contributed by atoms with Crippen molar-refractivity contribution < 1.29 is 9.13 Å². The molecule has 0 aliphatic heterocycles. The first-order valence-electron chi connectivity index (χ1n) is 6.32. The molecular formula is C15H15FN2O. The van der Waals surface area contributed by atoms with Crippen molar-refractivity contribution in [2.75, 3.05) is 12.4 Å². The number of hydrogen-bond donors (Lipinski definition) is 1. The predicted octanol–water partition coefficient (Wildman–Crippen LogP) is 3.33. The lowest BCUT2D eigenvalue weighted by molar-refractivity contribution is 0.399. The van der Waals surface area contributed by atoms with Crippen LogP contribution >= 0.6 is 0 Å². The predicted molar refractivity (Wildman–Crippen MR) is 71.9 cm³/mol. The van der Waals surface area contributed by atoms with Crippen molar-refractivity contribution in [3.8, 4) is 5.88 Å². The van der Waals surface area contributed by atoms with E-state index in [0.29, 0.717) is 5.88 Å². The maximum absolute atomic E-state index is 13.7. The number of aromatic nitrogens is 1. The summed E-state index contributed by atoms with van der Waals surface area (Å²) in [5.41, 5.74) is 2.70. The van der Waals surface area contributed by atoms with Crippen molar-refractivity contribution in [1.29, 1.82) is 0 Å². The monoisotopic (exact) mass is 258 g/mol. The fourth-order valence-electron chi connectivity index (χ4n) is 2.61. The Balaban J connectivity index is 1.89. The van der Waals surface area contributed by atoms with E-state index in [2.05, 4.69) is 10.3 Å². The highest BCUT2D eigenvalue weighted by molar-refractivity contribution is 5.55. The van der Waals surface area contributed by atoms with Gasteiger partial charge in [0, 0.05) is 6.20 Å². The van der Waals surface area contributed by atoms with Gasteiger partial charge in [-0.1, -0.05) is 12.1 Å². The summed E-state index contributed by atoms with van der Waals surface area (Å²) in [7, 11) is 1.59. The molecule has 2 aromatic rings. The van der Waals surface area contributed by atoms with Gasteiger partial charge >= 0.3 is 0 Å². The Labute approximate surface area is 111 Å². The van der Waals surface area contributed by atoms with Crippen LogP contribution in [0, 0.1) is 5.82 Å². The van der Waals surface area contributed by atoms with Crippen LogP contribution in [0.1, 0.15) is 23.6 Å². The number of rotatable bonds is 3. The van der Waals surface area contributed by atoms with E-state index in [9.17, 15) is 4.39 Å². The third-order valence-electron chi connectivity index (χ3n) is 3.51. The fraction of sp³-hybridized carbons (Fsp3) is 0.267. The highest BCUT2D eigenvalue weighted by Gasteiger charge is 2.25. The van der Waals surface area contributed by atoms with Crippen LogP contribution in [0.15, 0.2) is 36.5 Å². The van der Waals surface area contributed by atoms with Crippen LogP contribution in [0.4, 0.5) is 10.1 Å². The average molecular weight is 258 g/mol. The second-order valence-corrected chi connectivity index (χ2v) is 4.60. The van der Waals surface area contributed by atoms with Gasteiger partial charge in [-0.15, -0.1) is 0 Å². The molecule has 1 N–H and O–H groups in total. The lowest BCUT2D eigenvalue weighted by Gasteiger charge is -2.17. The van der Waals surface area contributed by atoms with Crippen molar-refractivity contribution in [2.24, 2.45) is 0 Å². The largest absolute Gasteiger partial charge is 0.480 e. The molecular weight excluding hydrogens is 243 g/mol. The van der Waals surface area contributed by atoms with Crippen LogP contribution in [0.3, 0.4) is 0 Å². The molecule has 0 bridgehead atoms. The second-order valence-electron chi connectivity index (χ2n) is 4.60. The minimum absolute atomic E-state index is 0.111. The van der Waals surface area contributed by atoms with Crippen LogP contribution in [0.25, 0.3) is 0 Å². The van der Waals surface area contributed by atoms with E-state index in [1.54, 1.807) is 19.4 Å². The molecule has 0 saturated heterocycles. The molecule has 0 fully saturated rings. The fourth-order valence-corrected chi connectivity index (χ4v) is 2.61. The number of pyridine rings is 1. The van der Waals surface area contributed by atoms with E-state index in [-0.39, 0.29) is 11.9 Å². The van der Waals surface area contributed by atoms with Gasteiger partial charge in [-0.3, -0.25) is 0 Å². The summed E-state index contributed by atoms with van der Waals surface area (Å²) in [6.07, 6.45) is 3.34. The summed E-state index contributed by atoms with van der Waals surface area (Å²) in [4.78, 5) is 4.15.